The highest BCUT2D eigenvalue weighted by molar-refractivity contribution is 7.92. The summed E-state index contributed by atoms with van der Waals surface area (Å²) in [4.78, 5) is 32.9. The van der Waals surface area contributed by atoms with E-state index in [2.05, 4.69) is 10.3 Å². The molecule has 37 heavy (non-hydrogen) atoms. The van der Waals surface area contributed by atoms with Crippen molar-refractivity contribution < 1.29 is 31.9 Å². The van der Waals surface area contributed by atoms with E-state index in [0.29, 0.717) is 58.3 Å². The maximum atomic E-state index is 14.8. The van der Waals surface area contributed by atoms with Crippen molar-refractivity contribution in [3.63, 3.8) is 0 Å². The van der Waals surface area contributed by atoms with Crippen LogP contribution < -0.4 is 20.3 Å². The number of aromatic nitrogens is 1. The molecule has 2 aliphatic rings. The van der Waals surface area contributed by atoms with E-state index in [4.69, 9.17) is 15.2 Å². The second-order valence-corrected chi connectivity index (χ2v) is 10.7. The topological polar surface area (TPSA) is 147 Å². The van der Waals surface area contributed by atoms with Gasteiger partial charge in [-0.3, -0.25) is 13.9 Å². The van der Waals surface area contributed by atoms with Crippen molar-refractivity contribution in [2.24, 2.45) is 5.73 Å². The smallest absolute Gasteiger partial charge is 0.256 e. The maximum Gasteiger partial charge on any atom is 0.256 e. The first kappa shape index (κ1) is 26.6. The van der Waals surface area contributed by atoms with Gasteiger partial charge in [-0.25, -0.2) is 17.8 Å². The van der Waals surface area contributed by atoms with E-state index in [0.717, 1.165) is 16.6 Å². The lowest BCUT2D eigenvalue weighted by atomic mass is 10.1. The molecule has 0 saturated carbocycles. The molecule has 1 aromatic heterocycles. The number of pyridine rings is 1. The highest BCUT2D eigenvalue weighted by atomic mass is 32.2. The van der Waals surface area contributed by atoms with Crippen LogP contribution in [0.5, 0.6) is 0 Å². The van der Waals surface area contributed by atoms with Gasteiger partial charge in [0, 0.05) is 38.9 Å². The molecular weight excluding hydrogens is 507 g/mol. The molecule has 0 spiro atoms. The van der Waals surface area contributed by atoms with Crippen LogP contribution >= 0.6 is 0 Å². The van der Waals surface area contributed by atoms with Crippen LogP contribution in [0, 0.1) is 5.82 Å². The molecule has 0 bridgehead atoms. The highest BCUT2D eigenvalue weighted by Gasteiger charge is 2.26. The number of ether oxygens (including phenoxy) is 2. The third-order valence-corrected chi connectivity index (χ3v) is 7.35. The predicted molar refractivity (Wildman–Crippen MR) is 135 cm³/mol. The molecule has 0 aliphatic carbocycles. The highest BCUT2D eigenvalue weighted by Crippen LogP contribution is 2.31. The van der Waals surface area contributed by atoms with Crippen LogP contribution in [-0.4, -0.2) is 96.0 Å². The van der Waals surface area contributed by atoms with E-state index in [1.165, 1.54) is 19.2 Å². The normalized spacial score (nSPS) is 16.4. The van der Waals surface area contributed by atoms with Gasteiger partial charge in [0.25, 0.3) is 11.8 Å². The largest absolute Gasteiger partial charge is 0.378 e. The molecular formula is C23H29FN6O6S. The quantitative estimate of drug-likeness (QED) is 0.524. The molecule has 2 aromatic rings. The number of benzene rings is 1. The zero-order valence-electron chi connectivity index (χ0n) is 20.6. The van der Waals surface area contributed by atoms with Gasteiger partial charge < -0.3 is 30.3 Å². The molecule has 4 rings (SSSR count). The van der Waals surface area contributed by atoms with Crippen molar-refractivity contribution in [1.82, 2.24) is 9.88 Å². The lowest BCUT2D eigenvalue weighted by molar-refractivity contribution is 0.0303. The van der Waals surface area contributed by atoms with E-state index in [9.17, 15) is 22.4 Å². The van der Waals surface area contributed by atoms with Gasteiger partial charge >= 0.3 is 0 Å². The van der Waals surface area contributed by atoms with E-state index in [1.54, 1.807) is 15.9 Å². The van der Waals surface area contributed by atoms with Crippen molar-refractivity contribution in [1.29, 1.82) is 0 Å². The summed E-state index contributed by atoms with van der Waals surface area (Å²) in [5, 5.41) is 2.95. The zero-order chi connectivity index (χ0) is 26.7. The molecule has 3 heterocycles. The van der Waals surface area contributed by atoms with Crippen LogP contribution in [0.2, 0.25) is 0 Å². The summed E-state index contributed by atoms with van der Waals surface area (Å²) < 4.78 is 51.2. The molecule has 2 fully saturated rings. The zero-order valence-corrected chi connectivity index (χ0v) is 21.4. The number of anilines is 4. The first-order chi connectivity index (χ1) is 17.6. The summed E-state index contributed by atoms with van der Waals surface area (Å²) in [6.07, 6.45) is 1.03. The number of morpholine rings is 2. The molecule has 200 valence electrons. The monoisotopic (exact) mass is 536 g/mol. The van der Waals surface area contributed by atoms with Gasteiger partial charge in [-0.1, -0.05) is 0 Å². The van der Waals surface area contributed by atoms with E-state index in [1.807, 2.05) is 0 Å². The number of hydrogen-bond acceptors (Lipinski definition) is 9. The van der Waals surface area contributed by atoms with Gasteiger partial charge in [0.15, 0.2) is 11.6 Å². The van der Waals surface area contributed by atoms with Crippen LogP contribution in [-0.2, 0) is 19.5 Å². The Balaban J connectivity index is 1.74. The summed E-state index contributed by atoms with van der Waals surface area (Å²) in [6, 6.07) is 5.52. The summed E-state index contributed by atoms with van der Waals surface area (Å²) >= 11 is 0. The van der Waals surface area contributed by atoms with E-state index < -0.39 is 21.7 Å². The lowest BCUT2D eigenvalue weighted by Gasteiger charge is -2.29. The summed E-state index contributed by atoms with van der Waals surface area (Å²) in [6.45, 7) is 3.18. The number of sulfonamides is 1. The molecule has 12 nitrogen and oxygen atoms in total. The number of carbonyl (C=O) groups is 2. The van der Waals surface area contributed by atoms with Crippen molar-refractivity contribution in [3.05, 3.63) is 41.2 Å². The SMILES string of the molecule is CN(c1cc(Nc2nc(N3CCOCC3)c(F)cc2C(N)=O)ccc1C(=O)N1CCOCC1)S(C)(=O)=O. The Morgan fingerprint density at radius 2 is 1.68 bits per heavy atom. The minimum Gasteiger partial charge on any atom is -0.378 e. The van der Waals surface area contributed by atoms with Crippen molar-refractivity contribution in [3.8, 4) is 0 Å². The van der Waals surface area contributed by atoms with Gasteiger partial charge in [0.05, 0.1) is 49.5 Å². The average Bonchev–Trinajstić information content (AvgIpc) is 2.89. The number of primary amides is 1. The second kappa shape index (κ2) is 10.9. The molecule has 0 unspecified atom stereocenters. The molecule has 2 amide bonds. The molecule has 0 radical (unpaired) electrons. The molecule has 2 aliphatic heterocycles. The lowest BCUT2D eigenvalue weighted by Crippen LogP contribution is -2.41. The number of halogens is 1. The third-order valence-electron chi connectivity index (χ3n) is 6.16. The number of nitrogens with zero attached hydrogens (tertiary/aromatic N) is 4. The number of nitrogens with two attached hydrogens (primary N) is 1. The average molecular weight is 537 g/mol. The molecule has 0 atom stereocenters. The van der Waals surface area contributed by atoms with Gasteiger partial charge in [-0.2, -0.15) is 0 Å². The van der Waals surface area contributed by atoms with Crippen molar-refractivity contribution >= 4 is 44.8 Å². The fourth-order valence-corrected chi connectivity index (χ4v) is 4.57. The molecule has 1 aromatic carbocycles. The minimum atomic E-state index is -3.73. The van der Waals surface area contributed by atoms with Crippen LogP contribution in [0.3, 0.4) is 0 Å². The van der Waals surface area contributed by atoms with Crippen molar-refractivity contribution in [2.75, 3.05) is 80.4 Å². The number of hydrogen-bond donors (Lipinski definition) is 2. The summed E-state index contributed by atoms with van der Waals surface area (Å²) in [5.41, 5.74) is 5.92. The Morgan fingerprint density at radius 1 is 1.05 bits per heavy atom. The summed E-state index contributed by atoms with van der Waals surface area (Å²) in [7, 11) is -2.39. The molecule has 2 saturated heterocycles. The second-order valence-electron chi connectivity index (χ2n) is 8.65. The van der Waals surface area contributed by atoms with Gasteiger partial charge in [-0.05, 0) is 24.3 Å². The van der Waals surface area contributed by atoms with Crippen LogP contribution in [0.15, 0.2) is 24.3 Å². The van der Waals surface area contributed by atoms with E-state index >= 15 is 0 Å². The van der Waals surface area contributed by atoms with E-state index in [-0.39, 0.29) is 34.4 Å². The first-order valence-corrected chi connectivity index (χ1v) is 13.5. The summed E-state index contributed by atoms with van der Waals surface area (Å²) in [5.74, 6) is -1.91. The number of amides is 2. The third kappa shape index (κ3) is 5.92. The Labute approximate surface area is 214 Å². The first-order valence-electron chi connectivity index (χ1n) is 11.6. The molecule has 3 N–H and O–H groups in total. The van der Waals surface area contributed by atoms with Gasteiger partial charge in [-0.15, -0.1) is 0 Å². The van der Waals surface area contributed by atoms with Crippen LogP contribution in [0.1, 0.15) is 20.7 Å². The fourth-order valence-electron chi connectivity index (χ4n) is 4.06. The Hall–Kier alpha value is -3.49. The van der Waals surface area contributed by atoms with Gasteiger partial charge in [0.2, 0.25) is 10.0 Å². The van der Waals surface area contributed by atoms with Crippen LogP contribution in [0.4, 0.5) is 27.4 Å². The van der Waals surface area contributed by atoms with Gasteiger partial charge in [0.1, 0.15) is 5.82 Å². The Morgan fingerprint density at radius 3 is 2.27 bits per heavy atom. The number of carbonyl (C=O) groups excluding carboxylic acids is 2. The molecule has 14 heteroatoms. The fraction of sp³-hybridized carbons (Fsp3) is 0.435. The Bertz CT molecular complexity index is 1290. The minimum absolute atomic E-state index is 0.00407. The van der Waals surface area contributed by atoms with Crippen molar-refractivity contribution in [2.45, 2.75) is 0 Å². The maximum absolute atomic E-state index is 14.8. The van der Waals surface area contributed by atoms with Crippen LogP contribution in [0.25, 0.3) is 0 Å². The standard InChI is InChI=1S/C23H29FN6O6S/c1-28(37(2,33)34)19-13-15(3-4-16(19)23(32)30-7-11-36-12-8-30)26-21-17(20(25)31)14-18(24)22(27-21)29-5-9-35-10-6-29/h3-4,13-14H,5-12H2,1-2H3,(H2,25,31)(H,26,27). The Kier molecular flexibility index (Phi) is 7.80. The number of nitrogens with one attached hydrogen (secondary N) is 1. The number of rotatable bonds is 7. The predicted octanol–water partition coefficient (Wildman–Crippen LogP) is 0.768.